The molecule has 6 heteroatoms. The Balaban J connectivity index is 2.02. The maximum absolute atomic E-state index is 13.2. The van der Waals surface area contributed by atoms with Crippen LogP contribution < -0.4 is 10.9 Å². The SMILES string of the molecule is O=c1c2cc(Cl)ccc2nc(Nc2ccccc2)n1-c1ccccc1Cl. The molecule has 0 amide bonds. The van der Waals surface area contributed by atoms with Gasteiger partial charge in [0, 0.05) is 10.7 Å². The zero-order valence-electron chi connectivity index (χ0n) is 13.5. The Morgan fingerprint density at radius 1 is 0.885 bits per heavy atom. The molecule has 0 spiro atoms. The van der Waals surface area contributed by atoms with Crippen molar-refractivity contribution in [1.29, 1.82) is 0 Å². The lowest BCUT2D eigenvalue weighted by atomic mass is 10.2. The summed E-state index contributed by atoms with van der Waals surface area (Å²) in [6.07, 6.45) is 0. The highest BCUT2D eigenvalue weighted by Crippen LogP contribution is 2.25. The second kappa shape index (κ2) is 6.83. The molecule has 1 heterocycles. The van der Waals surface area contributed by atoms with Crippen molar-refractivity contribution in [2.75, 3.05) is 5.32 Å². The minimum absolute atomic E-state index is 0.246. The number of hydrogen-bond acceptors (Lipinski definition) is 3. The number of rotatable bonds is 3. The second-order valence-electron chi connectivity index (χ2n) is 5.68. The molecule has 1 N–H and O–H groups in total. The number of para-hydroxylation sites is 2. The Kier molecular flexibility index (Phi) is 4.37. The van der Waals surface area contributed by atoms with Gasteiger partial charge in [0.05, 0.1) is 21.6 Å². The van der Waals surface area contributed by atoms with Gasteiger partial charge in [-0.3, -0.25) is 4.79 Å². The Bertz CT molecular complexity index is 1160. The van der Waals surface area contributed by atoms with Gasteiger partial charge in [-0.1, -0.05) is 53.5 Å². The molecule has 0 unspecified atom stereocenters. The van der Waals surface area contributed by atoms with Gasteiger partial charge in [-0.05, 0) is 42.5 Å². The molecule has 0 aliphatic carbocycles. The van der Waals surface area contributed by atoms with Gasteiger partial charge in [0.25, 0.3) is 5.56 Å². The van der Waals surface area contributed by atoms with E-state index in [1.807, 2.05) is 42.5 Å². The first kappa shape index (κ1) is 16.6. The summed E-state index contributed by atoms with van der Waals surface area (Å²) in [4.78, 5) is 17.8. The van der Waals surface area contributed by atoms with Crippen molar-refractivity contribution in [3.63, 3.8) is 0 Å². The first-order chi connectivity index (χ1) is 12.6. The smallest absolute Gasteiger partial charge is 0.267 e. The predicted octanol–water partition coefficient (Wildman–Crippen LogP) is 5.44. The number of aromatic nitrogens is 2. The third-order valence-corrected chi connectivity index (χ3v) is 4.51. The summed E-state index contributed by atoms with van der Waals surface area (Å²) < 4.78 is 1.47. The average Bonchev–Trinajstić information content (AvgIpc) is 2.65. The van der Waals surface area contributed by atoms with Crippen molar-refractivity contribution in [2.45, 2.75) is 0 Å². The summed E-state index contributed by atoms with van der Waals surface area (Å²) in [6.45, 7) is 0. The lowest BCUT2D eigenvalue weighted by Gasteiger charge is -2.16. The minimum Gasteiger partial charge on any atom is -0.325 e. The molecule has 128 valence electrons. The van der Waals surface area contributed by atoms with Crippen LogP contribution in [0.4, 0.5) is 11.6 Å². The molecule has 3 aromatic carbocycles. The summed E-state index contributed by atoms with van der Waals surface area (Å²) in [5, 5.41) is 4.56. The molecule has 0 atom stereocenters. The summed E-state index contributed by atoms with van der Waals surface area (Å²) in [6, 6.07) is 21.7. The van der Waals surface area contributed by atoms with Gasteiger partial charge in [0.1, 0.15) is 0 Å². The van der Waals surface area contributed by atoms with Crippen molar-refractivity contribution in [2.24, 2.45) is 0 Å². The average molecular weight is 382 g/mol. The summed E-state index contributed by atoms with van der Waals surface area (Å²) in [5.41, 5.74) is 1.67. The summed E-state index contributed by atoms with van der Waals surface area (Å²) in [5.74, 6) is 0.379. The molecule has 0 aliphatic heterocycles. The predicted molar refractivity (Wildman–Crippen MR) is 107 cm³/mol. The van der Waals surface area contributed by atoms with Crippen LogP contribution in [0.25, 0.3) is 16.6 Å². The molecule has 0 saturated heterocycles. The molecular formula is C20H13Cl2N3O. The van der Waals surface area contributed by atoms with Crippen LogP contribution in [0.3, 0.4) is 0 Å². The first-order valence-corrected chi connectivity index (χ1v) is 8.68. The lowest BCUT2D eigenvalue weighted by molar-refractivity contribution is 0.974. The van der Waals surface area contributed by atoms with Crippen LogP contribution in [0.5, 0.6) is 0 Å². The fraction of sp³-hybridized carbons (Fsp3) is 0. The largest absolute Gasteiger partial charge is 0.325 e. The van der Waals surface area contributed by atoms with E-state index in [2.05, 4.69) is 10.3 Å². The van der Waals surface area contributed by atoms with Gasteiger partial charge < -0.3 is 5.32 Å². The number of nitrogens with one attached hydrogen (secondary N) is 1. The van der Waals surface area contributed by atoms with Crippen LogP contribution in [0, 0.1) is 0 Å². The van der Waals surface area contributed by atoms with E-state index in [0.29, 0.717) is 32.6 Å². The molecule has 26 heavy (non-hydrogen) atoms. The quantitative estimate of drug-likeness (QED) is 0.514. The zero-order chi connectivity index (χ0) is 18.1. The van der Waals surface area contributed by atoms with Crippen LogP contribution in [0.15, 0.2) is 77.6 Å². The Labute approximate surface area is 159 Å². The fourth-order valence-corrected chi connectivity index (χ4v) is 3.14. The van der Waals surface area contributed by atoms with E-state index in [1.165, 1.54) is 4.57 Å². The van der Waals surface area contributed by atoms with E-state index in [4.69, 9.17) is 23.2 Å². The molecule has 0 fully saturated rings. The fourth-order valence-electron chi connectivity index (χ4n) is 2.75. The maximum atomic E-state index is 13.2. The molecule has 0 aliphatic rings. The number of hydrogen-bond donors (Lipinski definition) is 1. The van der Waals surface area contributed by atoms with Gasteiger partial charge in [-0.15, -0.1) is 0 Å². The van der Waals surface area contributed by atoms with E-state index in [1.54, 1.807) is 30.3 Å². The van der Waals surface area contributed by atoms with Gasteiger partial charge in [0.15, 0.2) is 0 Å². The van der Waals surface area contributed by atoms with Gasteiger partial charge in [0.2, 0.25) is 5.95 Å². The Morgan fingerprint density at radius 2 is 1.62 bits per heavy atom. The molecule has 4 nitrogen and oxygen atoms in total. The zero-order valence-corrected chi connectivity index (χ0v) is 15.0. The van der Waals surface area contributed by atoms with Crippen LogP contribution in [0.2, 0.25) is 10.0 Å². The van der Waals surface area contributed by atoms with Gasteiger partial charge in [-0.25, -0.2) is 9.55 Å². The van der Waals surface area contributed by atoms with Crippen molar-refractivity contribution >= 4 is 45.7 Å². The number of halogens is 2. The van der Waals surface area contributed by atoms with E-state index < -0.39 is 0 Å². The van der Waals surface area contributed by atoms with Crippen molar-refractivity contribution in [3.8, 4) is 5.69 Å². The number of benzene rings is 3. The molecule has 4 aromatic rings. The van der Waals surface area contributed by atoms with E-state index in [-0.39, 0.29) is 5.56 Å². The number of fused-ring (bicyclic) bond motifs is 1. The normalized spacial score (nSPS) is 10.8. The second-order valence-corrected chi connectivity index (χ2v) is 6.52. The van der Waals surface area contributed by atoms with Crippen LogP contribution in [-0.2, 0) is 0 Å². The summed E-state index contributed by atoms with van der Waals surface area (Å²) in [7, 11) is 0. The molecule has 0 radical (unpaired) electrons. The highest BCUT2D eigenvalue weighted by molar-refractivity contribution is 6.32. The van der Waals surface area contributed by atoms with Crippen molar-refractivity contribution < 1.29 is 0 Å². The van der Waals surface area contributed by atoms with Crippen molar-refractivity contribution in [3.05, 3.63) is 93.2 Å². The third-order valence-electron chi connectivity index (χ3n) is 3.95. The minimum atomic E-state index is -0.246. The van der Waals surface area contributed by atoms with Crippen molar-refractivity contribution in [1.82, 2.24) is 9.55 Å². The number of anilines is 2. The van der Waals surface area contributed by atoms with E-state index >= 15 is 0 Å². The standard InChI is InChI=1S/C20H13Cl2N3O/c21-13-10-11-17-15(12-13)19(26)25(18-9-5-4-8-16(18)22)20(24-17)23-14-6-2-1-3-7-14/h1-12H,(H,23,24). The Morgan fingerprint density at radius 3 is 2.38 bits per heavy atom. The van der Waals surface area contributed by atoms with Crippen LogP contribution in [-0.4, -0.2) is 9.55 Å². The first-order valence-electron chi connectivity index (χ1n) is 7.93. The van der Waals surface area contributed by atoms with E-state index in [0.717, 1.165) is 5.69 Å². The maximum Gasteiger partial charge on any atom is 0.267 e. The van der Waals surface area contributed by atoms with E-state index in [9.17, 15) is 4.79 Å². The Hall–Kier alpha value is -2.82. The highest BCUT2D eigenvalue weighted by Gasteiger charge is 2.15. The topological polar surface area (TPSA) is 46.9 Å². The van der Waals surface area contributed by atoms with Gasteiger partial charge in [-0.2, -0.15) is 0 Å². The molecule has 0 bridgehead atoms. The molecule has 1 aromatic heterocycles. The van der Waals surface area contributed by atoms with Gasteiger partial charge >= 0.3 is 0 Å². The number of nitrogens with zero attached hydrogens (tertiary/aromatic N) is 2. The third kappa shape index (κ3) is 3.05. The molecule has 4 rings (SSSR count). The molecular weight excluding hydrogens is 369 g/mol. The van der Waals surface area contributed by atoms with Crippen LogP contribution >= 0.6 is 23.2 Å². The lowest BCUT2D eigenvalue weighted by Crippen LogP contribution is -2.23. The summed E-state index contributed by atoms with van der Waals surface area (Å²) >= 11 is 12.4. The molecule has 0 saturated carbocycles. The highest BCUT2D eigenvalue weighted by atomic mass is 35.5. The monoisotopic (exact) mass is 381 g/mol. The van der Waals surface area contributed by atoms with Crippen LogP contribution in [0.1, 0.15) is 0 Å².